The lowest BCUT2D eigenvalue weighted by Crippen LogP contribution is -2.05. The summed E-state index contributed by atoms with van der Waals surface area (Å²) in [7, 11) is 1.95. The smallest absolute Gasteiger partial charge is 0.142 e. The molecule has 20 heavy (non-hydrogen) atoms. The molecular weight excluding hydrogens is 246 g/mol. The number of nitrogens with one attached hydrogen (secondary N) is 1. The highest BCUT2D eigenvalue weighted by Crippen LogP contribution is 2.34. The Morgan fingerprint density at radius 2 is 1.80 bits per heavy atom. The van der Waals surface area contributed by atoms with Crippen LogP contribution in [0.2, 0.25) is 0 Å². The molecule has 3 aromatic rings. The van der Waals surface area contributed by atoms with E-state index in [0.29, 0.717) is 0 Å². The molecule has 1 N–H and O–H groups in total. The molecule has 0 saturated carbocycles. The van der Waals surface area contributed by atoms with Gasteiger partial charge in [0.15, 0.2) is 0 Å². The molecule has 1 heterocycles. The molecule has 0 spiro atoms. The van der Waals surface area contributed by atoms with E-state index in [9.17, 15) is 0 Å². The van der Waals surface area contributed by atoms with Crippen molar-refractivity contribution < 1.29 is 4.42 Å². The molecule has 102 valence electrons. The van der Waals surface area contributed by atoms with E-state index in [0.717, 1.165) is 24.3 Å². The average molecular weight is 265 g/mol. The molecule has 3 rings (SSSR count). The summed E-state index contributed by atoms with van der Waals surface area (Å²) in [6, 6.07) is 16.8. The number of aryl methyl sites for hydroxylation is 1. The highest BCUT2D eigenvalue weighted by molar-refractivity contribution is 5.95. The van der Waals surface area contributed by atoms with Gasteiger partial charge in [-0.05, 0) is 19.0 Å². The molecule has 0 saturated heterocycles. The molecule has 0 atom stereocenters. The zero-order valence-electron chi connectivity index (χ0n) is 11.9. The van der Waals surface area contributed by atoms with Crippen LogP contribution in [-0.2, 0) is 13.0 Å². The minimum absolute atomic E-state index is 0.770. The zero-order chi connectivity index (χ0) is 13.9. The second-order valence-electron chi connectivity index (χ2n) is 4.94. The summed E-state index contributed by atoms with van der Waals surface area (Å²) in [6.07, 6.45) is 0.988. The standard InChI is InChI=1S/C18H19NO/c1-3-14-16-11-7-10-15(13-8-5-4-6-9-13)18(16)20-17(14)12-19-2/h4-11,19H,3,12H2,1-2H3. The second kappa shape index (κ2) is 5.51. The van der Waals surface area contributed by atoms with E-state index in [1.807, 2.05) is 13.1 Å². The predicted octanol–water partition coefficient (Wildman–Crippen LogP) is 4.38. The SMILES string of the molecule is CCc1c(CNC)oc2c(-c3ccccc3)cccc12. The molecule has 2 heteroatoms. The topological polar surface area (TPSA) is 25.2 Å². The van der Waals surface area contributed by atoms with Crippen molar-refractivity contribution in [2.45, 2.75) is 19.9 Å². The van der Waals surface area contributed by atoms with E-state index in [-0.39, 0.29) is 0 Å². The molecule has 0 radical (unpaired) electrons. The number of fused-ring (bicyclic) bond motifs is 1. The Labute approximate surface area is 119 Å². The van der Waals surface area contributed by atoms with Gasteiger partial charge in [0.1, 0.15) is 11.3 Å². The van der Waals surface area contributed by atoms with Crippen molar-refractivity contribution in [3.05, 3.63) is 59.9 Å². The quantitative estimate of drug-likeness (QED) is 0.757. The lowest BCUT2D eigenvalue weighted by atomic mass is 10.0. The van der Waals surface area contributed by atoms with Crippen LogP contribution in [0.5, 0.6) is 0 Å². The monoisotopic (exact) mass is 265 g/mol. The minimum Gasteiger partial charge on any atom is -0.459 e. The first kappa shape index (κ1) is 12.9. The summed E-state index contributed by atoms with van der Waals surface area (Å²) < 4.78 is 6.15. The first-order chi connectivity index (χ1) is 9.85. The third kappa shape index (κ3) is 2.12. The van der Waals surface area contributed by atoms with Gasteiger partial charge in [0.25, 0.3) is 0 Å². The van der Waals surface area contributed by atoms with Crippen molar-refractivity contribution in [3.8, 4) is 11.1 Å². The molecule has 0 fully saturated rings. The first-order valence-corrected chi connectivity index (χ1v) is 7.08. The van der Waals surface area contributed by atoms with Crippen LogP contribution in [-0.4, -0.2) is 7.05 Å². The van der Waals surface area contributed by atoms with Crippen molar-refractivity contribution in [2.75, 3.05) is 7.05 Å². The third-order valence-electron chi connectivity index (χ3n) is 3.68. The fraction of sp³-hybridized carbons (Fsp3) is 0.222. The molecule has 0 aliphatic carbocycles. The molecule has 0 amide bonds. The Morgan fingerprint density at radius 1 is 1.00 bits per heavy atom. The van der Waals surface area contributed by atoms with Crippen molar-refractivity contribution in [1.29, 1.82) is 0 Å². The van der Waals surface area contributed by atoms with Crippen LogP contribution in [0.1, 0.15) is 18.2 Å². The second-order valence-corrected chi connectivity index (χ2v) is 4.94. The maximum absolute atomic E-state index is 6.15. The van der Waals surface area contributed by atoms with Gasteiger partial charge in [-0.25, -0.2) is 0 Å². The van der Waals surface area contributed by atoms with Crippen molar-refractivity contribution in [1.82, 2.24) is 5.32 Å². The first-order valence-electron chi connectivity index (χ1n) is 7.08. The maximum Gasteiger partial charge on any atom is 0.142 e. The van der Waals surface area contributed by atoms with E-state index in [2.05, 4.69) is 54.7 Å². The van der Waals surface area contributed by atoms with Crippen molar-refractivity contribution in [2.24, 2.45) is 0 Å². The van der Waals surface area contributed by atoms with Crippen LogP contribution in [0.15, 0.2) is 52.9 Å². The van der Waals surface area contributed by atoms with E-state index in [4.69, 9.17) is 4.42 Å². The molecule has 0 unspecified atom stereocenters. The Kier molecular flexibility index (Phi) is 3.57. The summed E-state index contributed by atoms with van der Waals surface area (Å²) in [6.45, 7) is 2.95. The fourth-order valence-corrected chi connectivity index (χ4v) is 2.76. The molecule has 0 bridgehead atoms. The van der Waals surface area contributed by atoms with E-state index < -0.39 is 0 Å². The Hall–Kier alpha value is -2.06. The van der Waals surface area contributed by atoms with Crippen molar-refractivity contribution in [3.63, 3.8) is 0 Å². The molecule has 0 aliphatic heterocycles. The van der Waals surface area contributed by atoms with Crippen molar-refractivity contribution >= 4 is 11.0 Å². The van der Waals surface area contributed by atoms with Gasteiger partial charge in [-0.2, -0.15) is 0 Å². The Balaban J connectivity index is 2.25. The van der Waals surface area contributed by atoms with Gasteiger partial charge in [-0.3, -0.25) is 0 Å². The average Bonchev–Trinajstić information content (AvgIpc) is 2.85. The number of hydrogen-bond acceptors (Lipinski definition) is 2. The molecule has 1 aromatic heterocycles. The lowest BCUT2D eigenvalue weighted by Gasteiger charge is -2.02. The van der Waals surface area contributed by atoms with Crippen LogP contribution < -0.4 is 5.32 Å². The van der Waals surface area contributed by atoms with Gasteiger partial charge in [-0.1, -0.05) is 55.5 Å². The van der Waals surface area contributed by atoms with E-state index in [1.54, 1.807) is 0 Å². The summed E-state index contributed by atoms with van der Waals surface area (Å²) in [4.78, 5) is 0. The van der Waals surface area contributed by atoms with Gasteiger partial charge >= 0.3 is 0 Å². The normalized spacial score (nSPS) is 11.1. The molecule has 0 aliphatic rings. The molecular formula is C18H19NO. The molecule has 2 nitrogen and oxygen atoms in total. The van der Waals surface area contributed by atoms with Gasteiger partial charge in [0, 0.05) is 16.5 Å². The lowest BCUT2D eigenvalue weighted by molar-refractivity contribution is 0.525. The van der Waals surface area contributed by atoms with Gasteiger partial charge in [-0.15, -0.1) is 0 Å². The summed E-state index contributed by atoms with van der Waals surface area (Å²) in [5.74, 6) is 1.05. The molecule has 2 aromatic carbocycles. The fourth-order valence-electron chi connectivity index (χ4n) is 2.76. The van der Waals surface area contributed by atoms with Gasteiger partial charge < -0.3 is 9.73 Å². The van der Waals surface area contributed by atoms with Crippen LogP contribution >= 0.6 is 0 Å². The van der Waals surface area contributed by atoms with Crippen LogP contribution in [0.3, 0.4) is 0 Å². The Morgan fingerprint density at radius 3 is 2.50 bits per heavy atom. The maximum atomic E-state index is 6.15. The largest absolute Gasteiger partial charge is 0.459 e. The number of benzene rings is 2. The van der Waals surface area contributed by atoms with E-state index >= 15 is 0 Å². The van der Waals surface area contributed by atoms with E-state index in [1.165, 1.54) is 22.1 Å². The number of furan rings is 1. The number of para-hydroxylation sites is 1. The number of hydrogen-bond donors (Lipinski definition) is 1. The highest BCUT2D eigenvalue weighted by Gasteiger charge is 2.15. The van der Waals surface area contributed by atoms with Crippen LogP contribution in [0, 0.1) is 0 Å². The predicted molar refractivity (Wildman–Crippen MR) is 83.8 cm³/mol. The highest BCUT2D eigenvalue weighted by atomic mass is 16.3. The van der Waals surface area contributed by atoms with Crippen LogP contribution in [0.25, 0.3) is 22.1 Å². The summed E-state index contributed by atoms with van der Waals surface area (Å²) >= 11 is 0. The third-order valence-corrected chi connectivity index (χ3v) is 3.68. The Bertz CT molecular complexity index is 713. The minimum atomic E-state index is 0.770. The number of rotatable bonds is 4. The summed E-state index contributed by atoms with van der Waals surface area (Å²) in [5, 5.41) is 4.42. The van der Waals surface area contributed by atoms with Gasteiger partial charge in [0.2, 0.25) is 0 Å². The zero-order valence-corrected chi connectivity index (χ0v) is 11.9. The van der Waals surface area contributed by atoms with Crippen LogP contribution in [0.4, 0.5) is 0 Å². The van der Waals surface area contributed by atoms with Gasteiger partial charge in [0.05, 0.1) is 6.54 Å². The summed E-state index contributed by atoms with van der Waals surface area (Å²) in [5.41, 5.74) is 4.68.